The molecule has 1 aromatic rings. The van der Waals surface area contributed by atoms with Gasteiger partial charge in [-0.25, -0.2) is 9.59 Å². The van der Waals surface area contributed by atoms with Gasteiger partial charge in [0.15, 0.2) is 0 Å². The van der Waals surface area contributed by atoms with Gasteiger partial charge in [-0.1, -0.05) is 13.8 Å². The SMILES string of the molecule is CC(C)C(C)NC(=O)Nc1ccc(C(=O)O)cc1O. The largest absolute Gasteiger partial charge is 0.506 e. The van der Waals surface area contributed by atoms with E-state index in [4.69, 9.17) is 5.11 Å². The zero-order valence-corrected chi connectivity index (χ0v) is 11.1. The Bertz CT molecular complexity index is 486. The van der Waals surface area contributed by atoms with Crippen molar-refractivity contribution in [3.05, 3.63) is 23.8 Å². The minimum atomic E-state index is -1.14. The van der Waals surface area contributed by atoms with Gasteiger partial charge >= 0.3 is 12.0 Å². The van der Waals surface area contributed by atoms with Crippen LogP contribution in [0.3, 0.4) is 0 Å². The van der Waals surface area contributed by atoms with Crippen molar-refractivity contribution in [1.82, 2.24) is 5.32 Å². The molecule has 0 aromatic heterocycles. The van der Waals surface area contributed by atoms with Gasteiger partial charge < -0.3 is 20.8 Å². The number of urea groups is 1. The number of carboxylic acid groups (broad SMARTS) is 1. The number of aromatic hydroxyl groups is 1. The average Bonchev–Trinajstić information content (AvgIpc) is 2.31. The van der Waals surface area contributed by atoms with E-state index in [0.717, 1.165) is 6.07 Å². The minimum absolute atomic E-state index is 0.0135. The molecular weight excluding hydrogens is 248 g/mol. The molecule has 2 amide bonds. The molecule has 0 radical (unpaired) electrons. The third kappa shape index (κ3) is 4.17. The monoisotopic (exact) mass is 266 g/mol. The molecule has 0 saturated carbocycles. The second kappa shape index (κ2) is 6.08. The van der Waals surface area contributed by atoms with Crippen LogP contribution in [0.15, 0.2) is 18.2 Å². The molecule has 0 aliphatic rings. The third-order valence-corrected chi connectivity index (χ3v) is 2.85. The predicted octanol–water partition coefficient (Wildman–Crippen LogP) is 2.26. The van der Waals surface area contributed by atoms with Gasteiger partial charge in [0.1, 0.15) is 5.75 Å². The van der Waals surface area contributed by atoms with Gasteiger partial charge in [-0.15, -0.1) is 0 Å². The second-order valence-electron chi connectivity index (χ2n) is 4.67. The first-order valence-electron chi connectivity index (χ1n) is 5.95. The van der Waals surface area contributed by atoms with Crippen molar-refractivity contribution < 1.29 is 19.8 Å². The summed E-state index contributed by atoms with van der Waals surface area (Å²) in [5.41, 5.74) is 0.123. The molecular formula is C13H18N2O4. The summed E-state index contributed by atoms with van der Waals surface area (Å²) in [6.45, 7) is 5.83. The molecule has 0 spiro atoms. The molecule has 4 N–H and O–H groups in total. The van der Waals surface area contributed by atoms with E-state index in [1.807, 2.05) is 20.8 Å². The summed E-state index contributed by atoms with van der Waals surface area (Å²) in [4.78, 5) is 22.3. The van der Waals surface area contributed by atoms with E-state index in [0.29, 0.717) is 0 Å². The molecule has 6 heteroatoms. The zero-order valence-electron chi connectivity index (χ0n) is 11.1. The number of phenols is 1. The van der Waals surface area contributed by atoms with Gasteiger partial charge in [0, 0.05) is 6.04 Å². The van der Waals surface area contributed by atoms with Crippen molar-refractivity contribution in [1.29, 1.82) is 0 Å². The van der Waals surface area contributed by atoms with Crippen LogP contribution in [0.4, 0.5) is 10.5 Å². The van der Waals surface area contributed by atoms with E-state index in [-0.39, 0.29) is 29.0 Å². The number of hydrogen-bond donors (Lipinski definition) is 4. The maximum absolute atomic E-state index is 11.6. The number of carbonyl (C=O) groups is 2. The van der Waals surface area contributed by atoms with Crippen molar-refractivity contribution >= 4 is 17.7 Å². The lowest BCUT2D eigenvalue weighted by atomic mass is 10.1. The molecule has 6 nitrogen and oxygen atoms in total. The Labute approximate surface area is 111 Å². The first kappa shape index (κ1) is 14.8. The number of hydrogen-bond acceptors (Lipinski definition) is 3. The number of nitrogens with one attached hydrogen (secondary N) is 2. The van der Waals surface area contributed by atoms with Gasteiger partial charge in [-0.3, -0.25) is 0 Å². The highest BCUT2D eigenvalue weighted by atomic mass is 16.4. The van der Waals surface area contributed by atoms with Crippen LogP contribution in [0.1, 0.15) is 31.1 Å². The third-order valence-electron chi connectivity index (χ3n) is 2.85. The van der Waals surface area contributed by atoms with Gasteiger partial charge in [0.25, 0.3) is 0 Å². The Morgan fingerprint density at radius 2 is 1.84 bits per heavy atom. The topological polar surface area (TPSA) is 98.7 Å². The molecule has 1 aromatic carbocycles. The van der Waals surface area contributed by atoms with E-state index in [1.54, 1.807) is 0 Å². The van der Waals surface area contributed by atoms with Crippen molar-refractivity contribution in [2.24, 2.45) is 5.92 Å². The van der Waals surface area contributed by atoms with Crippen LogP contribution in [-0.2, 0) is 0 Å². The standard InChI is InChI=1S/C13H18N2O4/c1-7(2)8(3)14-13(19)15-10-5-4-9(12(17)18)6-11(10)16/h4-8,16H,1-3H3,(H,17,18)(H2,14,15,19). The molecule has 0 aliphatic heterocycles. The lowest BCUT2D eigenvalue weighted by Gasteiger charge is -2.18. The van der Waals surface area contributed by atoms with Gasteiger partial charge in [0.05, 0.1) is 11.3 Å². The number of aromatic carboxylic acids is 1. The van der Waals surface area contributed by atoms with Crippen LogP contribution in [0.5, 0.6) is 5.75 Å². The molecule has 0 bridgehead atoms. The first-order chi connectivity index (χ1) is 8.81. The van der Waals surface area contributed by atoms with Crippen LogP contribution in [0, 0.1) is 5.92 Å². The number of amides is 2. The molecule has 104 valence electrons. The molecule has 0 heterocycles. The number of benzene rings is 1. The second-order valence-corrected chi connectivity index (χ2v) is 4.67. The van der Waals surface area contributed by atoms with Gasteiger partial charge in [-0.2, -0.15) is 0 Å². The highest BCUT2D eigenvalue weighted by Gasteiger charge is 2.13. The van der Waals surface area contributed by atoms with E-state index in [9.17, 15) is 14.7 Å². The number of carboxylic acids is 1. The number of anilines is 1. The summed E-state index contributed by atoms with van der Waals surface area (Å²) >= 11 is 0. The minimum Gasteiger partial charge on any atom is -0.506 e. The Morgan fingerprint density at radius 3 is 2.32 bits per heavy atom. The quantitative estimate of drug-likeness (QED) is 0.628. The number of phenolic OH excluding ortho intramolecular Hbond substituents is 1. The van der Waals surface area contributed by atoms with E-state index in [2.05, 4.69) is 10.6 Å². The number of carbonyl (C=O) groups excluding carboxylic acids is 1. The Kier molecular flexibility index (Phi) is 4.74. The Balaban J connectivity index is 2.72. The van der Waals surface area contributed by atoms with Crippen molar-refractivity contribution in [3.8, 4) is 5.75 Å². The summed E-state index contributed by atoms with van der Waals surface area (Å²) in [6.07, 6.45) is 0. The molecule has 1 atom stereocenters. The zero-order chi connectivity index (χ0) is 14.6. The van der Waals surface area contributed by atoms with Crippen LogP contribution in [0.25, 0.3) is 0 Å². The van der Waals surface area contributed by atoms with Crippen LogP contribution in [-0.4, -0.2) is 28.3 Å². The summed E-state index contributed by atoms with van der Waals surface area (Å²) < 4.78 is 0. The van der Waals surface area contributed by atoms with Crippen molar-refractivity contribution in [3.63, 3.8) is 0 Å². The molecule has 1 unspecified atom stereocenters. The number of rotatable bonds is 4. The van der Waals surface area contributed by atoms with Crippen molar-refractivity contribution in [2.45, 2.75) is 26.8 Å². The maximum Gasteiger partial charge on any atom is 0.335 e. The fourth-order valence-electron chi connectivity index (χ4n) is 1.30. The van der Waals surface area contributed by atoms with Crippen LogP contribution in [0.2, 0.25) is 0 Å². The van der Waals surface area contributed by atoms with E-state index in [1.165, 1.54) is 12.1 Å². The van der Waals surface area contributed by atoms with E-state index < -0.39 is 12.0 Å². The van der Waals surface area contributed by atoms with Crippen LogP contribution < -0.4 is 10.6 Å². The fraction of sp³-hybridized carbons (Fsp3) is 0.385. The van der Waals surface area contributed by atoms with Gasteiger partial charge in [-0.05, 0) is 31.0 Å². The molecule has 0 saturated heterocycles. The molecule has 0 aliphatic carbocycles. The smallest absolute Gasteiger partial charge is 0.335 e. The maximum atomic E-state index is 11.6. The lowest BCUT2D eigenvalue weighted by Crippen LogP contribution is -2.39. The molecule has 0 fully saturated rings. The Hall–Kier alpha value is -2.24. The highest BCUT2D eigenvalue weighted by Crippen LogP contribution is 2.24. The summed E-state index contributed by atoms with van der Waals surface area (Å²) in [7, 11) is 0. The highest BCUT2D eigenvalue weighted by molar-refractivity contribution is 5.93. The van der Waals surface area contributed by atoms with Crippen molar-refractivity contribution in [2.75, 3.05) is 5.32 Å². The van der Waals surface area contributed by atoms with Crippen LogP contribution >= 0.6 is 0 Å². The molecule has 19 heavy (non-hydrogen) atoms. The van der Waals surface area contributed by atoms with Gasteiger partial charge in [0.2, 0.25) is 0 Å². The summed E-state index contributed by atoms with van der Waals surface area (Å²) in [5, 5.41) is 23.6. The molecule has 1 rings (SSSR count). The Morgan fingerprint density at radius 1 is 1.21 bits per heavy atom. The predicted molar refractivity (Wildman–Crippen MR) is 71.5 cm³/mol. The summed E-state index contributed by atoms with van der Waals surface area (Å²) in [5.74, 6) is -1.14. The summed E-state index contributed by atoms with van der Waals surface area (Å²) in [6, 6.07) is 3.28. The fourth-order valence-corrected chi connectivity index (χ4v) is 1.30. The first-order valence-corrected chi connectivity index (χ1v) is 5.95. The average molecular weight is 266 g/mol. The normalized spacial score (nSPS) is 12.0. The lowest BCUT2D eigenvalue weighted by molar-refractivity contribution is 0.0696. The van der Waals surface area contributed by atoms with E-state index >= 15 is 0 Å².